The highest BCUT2D eigenvalue weighted by Crippen LogP contribution is 2.24. The van der Waals surface area contributed by atoms with Crippen molar-refractivity contribution in [2.45, 2.75) is 66.2 Å². The Morgan fingerprint density at radius 3 is 2.16 bits per heavy atom. The number of nitrogens with one attached hydrogen (secondary N) is 1. The number of aromatic nitrogens is 2. The molecule has 0 radical (unpaired) electrons. The molecule has 0 amide bonds. The molecule has 0 saturated heterocycles. The number of nitrogens with zero attached hydrogens (tertiary/aromatic N) is 2. The second kappa shape index (κ2) is 10.2. The van der Waals surface area contributed by atoms with Crippen LogP contribution in [0.1, 0.15) is 65.6 Å². The lowest BCUT2D eigenvalue weighted by Gasteiger charge is -2.14. The molecule has 2 rings (SSSR count). The molecule has 0 bridgehead atoms. The van der Waals surface area contributed by atoms with Gasteiger partial charge in [-0.05, 0) is 50.0 Å². The molecule has 0 atom stereocenters. The number of hydrogen-bond donors (Lipinski definition) is 2. The Morgan fingerprint density at radius 2 is 1.68 bits per heavy atom. The van der Waals surface area contributed by atoms with Gasteiger partial charge in [-0.3, -0.25) is 0 Å². The van der Waals surface area contributed by atoms with Crippen molar-refractivity contribution >= 4 is 5.82 Å². The zero-order valence-electron chi connectivity index (χ0n) is 16.9. The van der Waals surface area contributed by atoms with Gasteiger partial charge in [0, 0.05) is 11.5 Å². The lowest BCUT2D eigenvalue weighted by Crippen LogP contribution is -2.14. The molecule has 1 aromatic heterocycles. The summed E-state index contributed by atoms with van der Waals surface area (Å²) in [4.78, 5) is 0. The molecular weight excluding hydrogens is 308 g/mol. The van der Waals surface area contributed by atoms with E-state index in [1.165, 1.54) is 31.5 Å². The molecular formula is C21H36N4. The summed E-state index contributed by atoms with van der Waals surface area (Å²) >= 11 is 0. The smallest absolute Gasteiger partial charge is 0.127 e. The number of nitrogen functional groups attached to an aromatic ring is 1. The molecule has 0 saturated carbocycles. The van der Waals surface area contributed by atoms with E-state index in [4.69, 9.17) is 5.73 Å². The molecule has 0 aliphatic carbocycles. The second-order valence-electron chi connectivity index (χ2n) is 7.39. The van der Waals surface area contributed by atoms with Crippen LogP contribution in [0.15, 0.2) is 30.3 Å². The van der Waals surface area contributed by atoms with E-state index in [9.17, 15) is 0 Å². The van der Waals surface area contributed by atoms with Gasteiger partial charge in [0.25, 0.3) is 0 Å². The topological polar surface area (TPSA) is 55.9 Å². The molecule has 3 N–H and O–H groups in total. The predicted octanol–water partition coefficient (Wildman–Crippen LogP) is 4.71. The molecule has 0 aliphatic rings. The van der Waals surface area contributed by atoms with Crippen molar-refractivity contribution in [2.75, 3.05) is 18.8 Å². The Morgan fingerprint density at radius 1 is 1.04 bits per heavy atom. The minimum absolute atomic E-state index is 0.0156. The van der Waals surface area contributed by atoms with E-state index in [1.54, 1.807) is 0 Å². The summed E-state index contributed by atoms with van der Waals surface area (Å²) in [6, 6.07) is 10.3. The van der Waals surface area contributed by atoms with Crippen LogP contribution in [-0.2, 0) is 11.8 Å². The lowest BCUT2D eigenvalue weighted by molar-refractivity contribution is 0.560. The van der Waals surface area contributed by atoms with Crippen LogP contribution < -0.4 is 11.1 Å². The van der Waals surface area contributed by atoms with Crippen molar-refractivity contribution in [3.8, 4) is 5.69 Å². The van der Waals surface area contributed by atoms with Gasteiger partial charge >= 0.3 is 0 Å². The second-order valence-corrected chi connectivity index (χ2v) is 7.39. The monoisotopic (exact) mass is 344 g/mol. The fourth-order valence-corrected chi connectivity index (χ4v) is 2.36. The average Bonchev–Trinajstić information content (AvgIpc) is 2.98. The number of benzene rings is 1. The molecule has 0 aliphatic heterocycles. The average molecular weight is 345 g/mol. The number of hydrogen-bond acceptors (Lipinski definition) is 3. The Hall–Kier alpha value is -1.81. The van der Waals surface area contributed by atoms with Crippen LogP contribution in [0, 0.1) is 0 Å². The van der Waals surface area contributed by atoms with Crippen LogP contribution in [0.25, 0.3) is 5.69 Å². The van der Waals surface area contributed by atoms with Crippen LogP contribution in [0.2, 0.25) is 0 Å². The maximum atomic E-state index is 6.06. The summed E-state index contributed by atoms with van der Waals surface area (Å²) < 4.78 is 1.82. The molecule has 0 spiro atoms. The van der Waals surface area contributed by atoms with Gasteiger partial charge in [0.05, 0.1) is 11.4 Å². The Labute approximate surface area is 153 Å². The van der Waals surface area contributed by atoms with Crippen molar-refractivity contribution in [1.29, 1.82) is 0 Å². The summed E-state index contributed by atoms with van der Waals surface area (Å²) in [6.07, 6.45) is 3.52. The van der Waals surface area contributed by atoms with Crippen molar-refractivity contribution in [1.82, 2.24) is 15.1 Å². The van der Waals surface area contributed by atoms with Gasteiger partial charge in [-0.15, -0.1) is 0 Å². The van der Waals surface area contributed by atoms with Gasteiger partial charge in [-0.25, -0.2) is 4.68 Å². The van der Waals surface area contributed by atoms with Crippen LogP contribution >= 0.6 is 0 Å². The number of rotatable bonds is 6. The van der Waals surface area contributed by atoms with E-state index in [-0.39, 0.29) is 5.41 Å². The first-order valence-electron chi connectivity index (χ1n) is 9.49. The molecule has 0 unspecified atom stereocenters. The van der Waals surface area contributed by atoms with E-state index in [0.29, 0.717) is 5.82 Å². The van der Waals surface area contributed by atoms with E-state index in [1.807, 2.05) is 22.9 Å². The van der Waals surface area contributed by atoms with Crippen molar-refractivity contribution < 1.29 is 0 Å². The third-order valence-electron chi connectivity index (χ3n) is 3.92. The third-order valence-corrected chi connectivity index (χ3v) is 3.92. The van der Waals surface area contributed by atoms with Crippen LogP contribution in [-0.4, -0.2) is 22.9 Å². The van der Waals surface area contributed by atoms with Gasteiger partial charge in [0.2, 0.25) is 0 Å². The highest BCUT2D eigenvalue weighted by Gasteiger charge is 2.19. The Balaban J connectivity index is 0.000000381. The summed E-state index contributed by atoms with van der Waals surface area (Å²) in [5.74, 6) is 0.688. The Kier molecular flexibility index (Phi) is 8.70. The maximum Gasteiger partial charge on any atom is 0.127 e. The fourth-order valence-electron chi connectivity index (χ4n) is 2.36. The molecule has 1 aromatic carbocycles. The van der Waals surface area contributed by atoms with Gasteiger partial charge < -0.3 is 11.1 Å². The molecule has 1 heterocycles. The molecule has 4 nitrogen and oxygen atoms in total. The maximum absolute atomic E-state index is 6.06. The first-order chi connectivity index (χ1) is 11.8. The SMILES string of the molecule is CCCNCCC.CCc1cccc(-n2nc(C(C)(C)C)cc2N)c1. The number of anilines is 1. The van der Waals surface area contributed by atoms with E-state index < -0.39 is 0 Å². The molecule has 25 heavy (non-hydrogen) atoms. The van der Waals surface area contributed by atoms with Gasteiger partial charge in [0.15, 0.2) is 0 Å². The van der Waals surface area contributed by atoms with Crippen molar-refractivity contribution in [3.05, 3.63) is 41.6 Å². The molecule has 0 fully saturated rings. The third kappa shape index (κ3) is 6.91. The summed E-state index contributed by atoms with van der Waals surface area (Å²) in [6.45, 7) is 15.3. The van der Waals surface area contributed by atoms with E-state index >= 15 is 0 Å². The Bertz CT molecular complexity index is 619. The lowest BCUT2D eigenvalue weighted by atomic mass is 9.92. The molecule has 140 valence electrons. The zero-order valence-corrected chi connectivity index (χ0v) is 16.9. The van der Waals surface area contributed by atoms with Gasteiger partial charge in [-0.1, -0.05) is 53.7 Å². The fraction of sp³-hybridized carbons (Fsp3) is 0.571. The summed E-state index contributed by atoms with van der Waals surface area (Å²) in [7, 11) is 0. The first kappa shape index (κ1) is 21.2. The number of aryl methyl sites for hydroxylation is 1. The van der Waals surface area contributed by atoms with E-state index in [2.05, 4.69) is 64.1 Å². The minimum atomic E-state index is 0.0156. The summed E-state index contributed by atoms with van der Waals surface area (Å²) in [5, 5.41) is 7.90. The highest BCUT2D eigenvalue weighted by atomic mass is 15.3. The zero-order chi connectivity index (χ0) is 18.9. The minimum Gasteiger partial charge on any atom is -0.384 e. The van der Waals surface area contributed by atoms with Crippen LogP contribution in [0.5, 0.6) is 0 Å². The van der Waals surface area contributed by atoms with Crippen LogP contribution in [0.3, 0.4) is 0 Å². The van der Waals surface area contributed by atoms with Gasteiger partial charge in [-0.2, -0.15) is 5.10 Å². The molecule has 2 aromatic rings. The molecule has 4 heteroatoms. The largest absolute Gasteiger partial charge is 0.384 e. The first-order valence-corrected chi connectivity index (χ1v) is 9.49. The quantitative estimate of drug-likeness (QED) is 0.746. The van der Waals surface area contributed by atoms with E-state index in [0.717, 1.165) is 17.8 Å². The normalized spacial score (nSPS) is 11.1. The van der Waals surface area contributed by atoms with Crippen molar-refractivity contribution in [3.63, 3.8) is 0 Å². The standard InChI is InChI=1S/C15H21N3.C6H15N/c1-5-11-7-6-8-12(9-11)18-14(16)10-13(17-18)15(2,3)4;1-3-5-7-6-4-2/h6-10H,5,16H2,1-4H3;7H,3-6H2,1-2H3. The van der Waals surface area contributed by atoms with Crippen molar-refractivity contribution in [2.24, 2.45) is 0 Å². The summed E-state index contributed by atoms with van der Waals surface area (Å²) in [5.41, 5.74) is 9.41. The number of nitrogens with two attached hydrogens (primary N) is 1. The highest BCUT2D eigenvalue weighted by molar-refractivity contribution is 5.45. The van der Waals surface area contributed by atoms with Crippen LogP contribution in [0.4, 0.5) is 5.82 Å². The van der Waals surface area contributed by atoms with Gasteiger partial charge in [0.1, 0.15) is 5.82 Å². The predicted molar refractivity (Wildman–Crippen MR) is 110 cm³/mol.